The first-order valence-electron chi connectivity index (χ1n) is 9.55. The minimum absolute atomic E-state index is 0.178. The van der Waals surface area contributed by atoms with Crippen LogP contribution in [-0.4, -0.2) is 34.2 Å². The number of anilines is 1. The number of benzene rings is 2. The third-order valence-electron chi connectivity index (χ3n) is 4.83. The summed E-state index contributed by atoms with van der Waals surface area (Å²) >= 11 is 0. The van der Waals surface area contributed by atoms with Crippen molar-refractivity contribution in [3.63, 3.8) is 0 Å². The zero-order valence-corrected chi connectivity index (χ0v) is 17.6. The van der Waals surface area contributed by atoms with E-state index in [1.807, 2.05) is 12.1 Å². The zero-order valence-electron chi connectivity index (χ0n) is 16.0. The molecule has 2 aromatic carbocycles. The van der Waals surface area contributed by atoms with Crippen LogP contribution >= 0.6 is 0 Å². The number of nitrogens with zero attached hydrogens (tertiary/aromatic N) is 1. The van der Waals surface area contributed by atoms with Gasteiger partial charge in [0.2, 0.25) is 10.0 Å². The Morgan fingerprint density at radius 1 is 0.821 bits per heavy atom. The summed E-state index contributed by atoms with van der Waals surface area (Å²) in [5, 5.41) is 0. The van der Waals surface area contributed by atoms with Gasteiger partial charge in [-0.3, -0.25) is 4.72 Å². The van der Waals surface area contributed by atoms with E-state index in [9.17, 15) is 16.8 Å². The van der Waals surface area contributed by atoms with E-state index < -0.39 is 20.0 Å². The van der Waals surface area contributed by atoms with Gasteiger partial charge in [-0.1, -0.05) is 31.9 Å². The number of hydrogen-bond acceptors (Lipinski definition) is 4. The Morgan fingerprint density at radius 3 is 1.96 bits per heavy atom. The van der Waals surface area contributed by atoms with Gasteiger partial charge in [0.1, 0.15) is 0 Å². The molecule has 0 bridgehead atoms. The topological polar surface area (TPSA) is 83.5 Å². The van der Waals surface area contributed by atoms with Gasteiger partial charge < -0.3 is 0 Å². The van der Waals surface area contributed by atoms with Crippen LogP contribution in [0.4, 0.5) is 5.69 Å². The largest absolute Gasteiger partial charge is 0.280 e. The number of nitrogens with one attached hydrogen (secondary N) is 1. The first-order chi connectivity index (χ1) is 13.3. The Morgan fingerprint density at radius 2 is 1.39 bits per heavy atom. The molecule has 0 amide bonds. The summed E-state index contributed by atoms with van der Waals surface area (Å²) in [4.78, 5) is 0.360. The highest BCUT2D eigenvalue weighted by atomic mass is 32.2. The summed E-state index contributed by atoms with van der Waals surface area (Å²) in [5.41, 5.74) is 1.42. The Labute approximate surface area is 167 Å². The molecule has 0 unspecified atom stereocenters. The van der Waals surface area contributed by atoms with Crippen LogP contribution in [0.5, 0.6) is 0 Å². The zero-order chi connectivity index (χ0) is 20.2. The quantitative estimate of drug-likeness (QED) is 0.739. The highest BCUT2D eigenvalue weighted by Gasteiger charge is 2.25. The van der Waals surface area contributed by atoms with E-state index in [-0.39, 0.29) is 9.79 Å². The summed E-state index contributed by atoms with van der Waals surface area (Å²) in [7, 11) is -7.25. The molecule has 6 nitrogen and oxygen atoms in total. The van der Waals surface area contributed by atoms with E-state index in [1.165, 1.54) is 28.6 Å². The fourth-order valence-corrected chi connectivity index (χ4v) is 5.86. The molecule has 0 saturated carbocycles. The second-order valence-electron chi connectivity index (χ2n) is 6.99. The lowest BCUT2D eigenvalue weighted by atomic mass is 10.1. The third kappa shape index (κ3) is 4.74. The Bertz CT molecular complexity index is 993. The van der Waals surface area contributed by atoms with Crippen LogP contribution in [0.25, 0.3) is 0 Å². The van der Waals surface area contributed by atoms with Crippen molar-refractivity contribution in [3.8, 4) is 0 Å². The van der Waals surface area contributed by atoms with E-state index in [0.29, 0.717) is 18.8 Å². The first-order valence-corrected chi connectivity index (χ1v) is 12.5. The van der Waals surface area contributed by atoms with Crippen molar-refractivity contribution in [2.24, 2.45) is 0 Å². The van der Waals surface area contributed by atoms with E-state index in [1.54, 1.807) is 12.1 Å². The normalized spacial score (nSPS) is 16.0. The van der Waals surface area contributed by atoms with Gasteiger partial charge in [0, 0.05) is 18.8 Å². The number of hydrogen-bond donors (Lipinski definition) is 1. The average Bonchev–Trinajstić information content (AvgIpc) is 2.69. The fraction of sp³-hybridized carbons (Fsp3) is 0.400. The minimum atomic E-state index is -3.72. The van der Waals surface area contributed by atoms with Crippen LogP contribution in [0.15, 0.2) is 58.3 Å². The van der Waals surface area contributed by atoms with Crippen LogP contribution in [0.2, 0.25) is 0 Å². The molecule has 0 atom stereocenters. The number of rotatable bonds is 7. The first kappa shape index (κ1) is 20.8. The highest BCUT2D eigenvalue weighted by molar-refractivity contribution is 7.92. The van der Waals surface area contributed by atoms with Gasteiger partial charge >= 0.3 is 0 Å². The van der Waals surface area contributed by atoms with Gasteiger partial charge in [0.15, 0.2) is 0 Å². The second kappa shape index (κ2) is 8.63. The molecular weight excluding hydrogens is 396 g/mol. The predicted octanol–water partition coefficient (Wildman–Crippen LogP) is 3.61. The molecule has 28 heavy (non-hydrogen) atoms. The van der Waals surface area contributed by atoms with Crippen molar-refractivity contribution in [3.05, 3.63) is 54.1 Å². The molecule has 1 saturated heterocycles. The SMILES string of the molecule is CCCc1ccc(S(=O)(=O)Nc2ccc(S(=O)(=O)N3CCCCC3)cc2)cc1. The lowest BCUT2D eigenvalue weighted by Crippen LogP contribution is -2.35. The molecule has 3 rings (SSSR count). The van der Waals surface area contributed by atoms with Gasteiger partial charge in [0.25, 0.3) is 10.0 Å². The smallest absolute Gasteiger partial charge is 0.261 e. The monoisotopic (exact) mass is 422 g/mol. The van der Waals surface area contributed by atoms with Gasteiger partial charge in [0.05, 0.1) is 9.79 Å². The van der Waals surface area contributed by atoms with Crippen molar-refractivity contribution in [2.75, 3.05) is 17.8 Å². The molecule has 1 aliphatic rings. The second-order valence-corrected chi connectivity index (χ2v) is 10.6. The standard InChI is InChI=1S/C20H26N2O4S2/c1-2-6-17-7-11-19(12-8-17)27(23,24)21-18-9-13-20(14-10-18)28(25,26)22-15-4-3-5-16-22/h7-14,21H,2-6,15-16H2,1H3. The van der Waals surface area contributed by atoms with Crippen molar-refractivity contribution in [1.82, 2.24) is 4.31 Å². The number of sulfonamides is 2. The van der Waals surface area contributed by atoms with Gasteiger partial charge in [-0.25, -0.2) is 16.8 Å². The molecule has 0 radical (unpaired) electrons. The Kier molecular flexibility index (Phi) is 6.42. The summed E-state index contributed by atoms with van der Waals surface area (Å²) in [5.74, 6) is 0. The predicted molar refractivity (Wildman–Crippen MR) is 110 cm³/mol. The number of aryl methyl sites for hydroxylation is 1. The molecule has 0 aliphatic carbocycles. The highest BCUT2D eigenvalue weighted by Crippen LogP contribution is 2.23. The van der Waals surface area contributed by atoms with Crippen LogP contribution in [0.3, 0.4) is 0 Å². The molecule has 2 aromatic rings. The average molecular weight is 423 g/mol. The summed E-state index contributed by atoms with van der Waals surface area (Å²) in [6, 6.07) is 12.7. The van der Waals surface area contributed by atoms with Crippen LogP contribution < -0.4 is 4.72 Å². The molecular formula is C20H26N2O4S2. The molecule has 0 spiro atoms. The van der Waals surface area contributed by atoms with Crippen molar-refractivity contribution >= 4 is 25.7 Å². The minimum Gasteiger partial charge on any atom is -0.280 e. The van der Waals surface area contributed by atoms with Gasteiger partial charge in [-0.05, 0) is 61.2 Å². The molecule has 1 fully saturated rings. The van der Waals surface area contributed by atoms with Crippen LogP contribution in [-0.2, 0) is 26.5 Å². The van der Waals surface area contributed by atoms with Gasteiger partial charge in [-0.15, -0.1) is 0 Å². The van der Waals surface area contributed by atoms with E-state index in [0.717, 1.165) is 37.7 Å². The lowest BCUT2D eigenvalue weighted by Gasteiger charge is -2.25. The van der Waals surface area contributed by atoms with Crippen molar-refractivity contribution in [2.45, 2.75) is 48.8 Å². The van der Waals surface area contributed by atoms with E-state index >= 15 is 0 Å². The molecule has 8 heteroatoms. The Balaban J connectivity index is 1.74. The van der Waals surface area contributed by atoms with E-state index in [4.69, 9.17) is 0 Å². The van der Waals surface area contributed by atoms with Crippen molar-refractivity contribution < 1.29 is 16.8 Å². The summed E-state index contributed by atoms with van der Waals surface area (Å²) in [6.45, 7) is 3.14. The van der Waals surface area contributed by atoms with E-state index in [2.05, 4.69) is 11.6 Å². The molecule has 152 valence electrons. The number of piperidine rings is 1. The van der Waals surface area contributed by atoms with Crippen LogP contribution in [0, 0.1) is 0 Å². The fourth-order valence-electron chi connectivity index (χ4n) is 3.29. The molecule has 1 heterocycles. The summed E-state index contributed by atoms with van der Waals surface area (Å²) in [6.07, 6.45) is 4.69. The Hall–Kier alpha value is -1.90. The molecule has 1 aliphatic heterocycles. The maximum absolute atomic E-state index is 12.7. The summed E-state index contributed by atoms with van der Waals surface area (Å²) < 4.78 is 54.5. The lowest BCUT2D eigenvalue weighted by molar-refractivity contribution is 0.346. The van der Waals surface area contributed by atoms with Crippen molar-refractivity contribution in [1.29, 1.82) is 0 Å². The maximum atomic E-state index is 12.7. The van der Waals surface area contributed by atoms with Gasteiger partial charge in [-0.2, -0.15) is 4.31 Å². The molecule has 0 aromatic heterocycles. The third-order valence-corrected chi connectivity index (χ3v) is 8.14. The maximum Gasteiger partial charge on any atom is 0.261 e. The molecule has 1 N–H and O–H groups in total. The van der Waals surface area contributed by atoms with Crippen LogP contribution in [0.1, 0.15) is 38.2 Å².